The predicted molar refractivity (Wildman–Crippen MR) is 114 cm³/mol. The van der Waals surface area contributed by atoms with Gasteiger partial charge in [-0.1, -0.05) is 48.0 Å². The monoisotopic (exact) mass is 431 g/mol. The number of carbonyl (C=O) groups excluding carboxylic acids is 2. The van der Waals surface area contributed by atoms with E-state index in [1.54, 1.807) is 18.2 Å². The molecular formula is C22H22ClNO4S. The fourth-order valence-electron chi connectivity index (χ4n) is 3.26. The minimum atomic E-state index is -0.587. The summed E-state index contributed by atoms with van der Waals surface area (Å²) in [6, 6.07) is 8.59. The van der Waals surface area contributed by atoms with Crippen LogP contribution in [-0.4, -0.2) is 30.5 Å². The maximum atomic E-state index is 12.5. The lowest BCUT2D eigenvalue weighted by Gasteiger charge is -2.33. The Morgan fingerprint density at radius 2 is 2.07 bits per heavy atom. The fourth-order valence-corrected chi connectivity index (χ4v) is 4.51. The van der Waals surface area contributed by atoms with Gasteiger partial charge in [0.1, 0.15) is 6.04 Å². The van der Waals surface area contributed by atoms with E-state index in [9.17, 15) is 9.59 Å². The van der Waals surface area contributed by atoms with E-state index >= 15 is 0 Å². The highest BCUT2D eigenvalue weighted by atomic mass is 35.5. The third-order valence-corrected chi connectivity index (χ3v) is 6.06. The number of rotatable bonds is 6. The third-order valence-electron chi connectivity index (χ3n) is 4.60. The summed E-state index contributed by atoms with van der Waals surface area (Å²) in [6.45, 7) is 3.09. The van der Waals surface area contributed by atoms with Crippen LogP contribution in [0.3, 0.4) is 0 Å². The Morgan fingerprint density at radius 1 is 1.28 bits per heavy atom. The van der Waals surface area contributed by atoms with E-state index in [2.05, 4.69) is 0 Å². The molecule has 29 heavy (non-hydrogen) atoms. The molecule has 0 N–H and O–H groups in total. The SMILES string of the molecule is C/C=C/C=C/C(=O)Oc1cc2c(s1)CCN([C@H](C(=O)OC)c1ccccc1Cl)C2. The number of allylic oxidation sites excluding steroid dienone is 3. The molecule has 0 spiro atoms. The van der Waals surface area contributed by atoms with Crippen LogP contribution >= 0.6 is 22.9 Å². The number of benzene rings is 1. The molecule has 1 aliphatic heterocycles. The van der Waals surface area contributed by atoms with Crippen LogP contribution in [0.2, 0.25) is 5.02 Å². The van der Waals surface area contributed by atoms with Crippen molar-refractivity contribution in [2.75, 3.05) is 13.7 Å². The summed E-state index contributed by atoms with van der Waals surface area (Å²) in [5.41, 5.74) is 1.77. The zero-order valence-electron chi connectivity index (χ0n) is 16.3. The first-order chi connectivity index (χ1) is 14.0. The van der Waals surface area contributed by atoms with Crippen LogP contribution in [-0.2, 0) is 27.3 Å². The highest BCUT2D eigenvalue weighted by Crippen LogP contribution is 2.37. The first-order valence-corrected chi connectivity index (χ1v) is 10.4. The highest BCUT2D eigenvalue weighted by molar-refractivity contribution is 7.14. The van der Waals surface area contributed by atoms with Crippen molar-refractivity contribution in [3.63, 3.8) is 0 Å². The van der Waals surface area contributed by atoms with Gasteiger partial charge in [-0.3, -0.25) is 4.90 Å². The number of ether oxygens (including phenoxy) is 2. The van der Waals surface area contributed by atoms with Gasteiger partial charge in [0, 0.05) is 29.1 Å². The molecule has 0 saturated carbocycles. The molecular weight excluding hydrogens is 410 g/mol. The van der Waals surface area contributed by atoms with Crippen molar-refractivity contribution >= 4 is 34.9 Å². The van der Waals surface area contributed by atoms with E-state index in [0.717, 1.165) is 22.4 Å². The summed E-state index contributed by atoms with van der Waals surface area (Å²) in [5.74, 6) is -0.764. The number of esters is 2. The van der Waals surface area contributed by atoms with Gasteiger partial charge >= 0.3 is 11.9 Å². The van der Waals surface area contributed by atoms with Gasteiger partial charge < -0.3 is 9.47 Å². The van der Waals surface area contributed by atoms with Crippen molar-refractivity contribution in [2.45, 2.75) is 25.9 Å². The Labute approximate surface area is 179 Å². The van der Waals surface area contributed by atoms with E-state index in [-0.39, 0.29) is 5.97 Å². The molecule has 0 bridgehead atoms. The molecule has 2 aromatic rings. The van der Waals surface area contributed by atoms with Crippen LogP contribution in [0.25, 0.3) is 0 Å². The molecule has 1 aromatic heterocycles. The van der Waals surface area contributed by atoms with Crippen molar-refractivity contribution in [3.8, 4) is 5.06 Å². The van der Waals surface area contributed by atoms with Crippen molar-refractivity contribution in [1.29, 1.82) is 0 Å². The van der Waals surface area contributed by atoms with Crippen LogP contribution in [0.5, 0.6) is 5.06 Å². The van der Waals surface area contributed by atoms with E-state index in [4.69, 9.17) is 21.1 Å². The molecule has 0 amide bonds. The number of carbonyl (C=O) groups is 2. The lowest BCUT2D eigenvalue weighted by atomic mass is 10.0. The van der Waals surface area contributed by atoms with Crippen molar-refractivity contribution in [3.05, 3.63) is 75.7 Å². The van der Waals surface area contributed by atoms with E-state index < -0.39 is 12.0 Å². The van der Waals surface area contributed by atoms with Crippen LogP contribution in [0.15, 0.2) is 54.6 Å². The molecule has 3 rings (SSSR count). The Balaban J connectivity index is 1.79. The predicted octanol–water partition coefficient (Wildman–Crippen LogP) is 4.71. The van der Waals surface area contributed by atoms with Crippen LogP contribution < -0.4 is 4.74 Å². The van der Waals surface area contributed by atoms with Gasteiger partial charge in [0.15, 0.2) is 5.06 Å². The molecule has 1 atom stereocenters. The van der Waals surface area contributed by atoms with Gasteiger partial charge in [0.2, 0.25) is 0 Å². The van der Waals surface area contributed by atoms with Gasteiger partial charge in [-0.15, -0.1) is 11.3 Å². The average molecular weight is 432 g/mol. The van der Waals surface area contributed by atoms with Crippen molar-refractivity contribution in [2.24, 2.45) is 0 Å². The van der Waals surface area contributed by atoms with Crippen molar-refractivity contribution < 1.29 is 19.1 Å². The normalized spacial score (nSPS) is 15.4. The number of thiophene rings is 1. The smallest absolute Gasteiger partial charge is 0.336 e. The molecule has 152 valence electrons. The van der Waals surface area contributed by atoms with Crippen LogP contribution in [0.4, 0.5) is 0 Å². The number of methoxy groups -OCH3 is 1. The molecule has 1 aliphatic rings. The third kappa shape index (κ3) is 5.15. The second kappa shape index (κ2) is 9.87. The largest absolute Gasteiger partial charge is 0.468 e. The van der Waals surface area contributed by atoms with Gasteiger partial charge in [-0.05, 0) is 36.6 Å². The van der Waals surface area contributed by atoms with Crippen molar-refractivity contribution in [1.82, 2.24) is 4.90 Å². The molecule has 7 heteroatoms. The highest BCUT2D eigenvalue weighted by Gasteiger charge is 2.33. The first-order valence-electron chi connectivity index (χ1n) is 9.22. The summed E-state index contributed by atoms with van der Waals surface area (Å²) < 4.78 is 10.5. The van der Waals surface area contributed by atoms with E-state index in [1.165, 1.54) is 24.5 Å². The zero-order chi connectivity index (χ0) is 20.8. The number of hydrogen-bond donors (Lipinski definition) is 0. The topological polar surface area (TPSA) is 55.8 Å². The number of halogens is 1. The second-order valence-electron chi connectivity index (χ2n) is 6.49. The van der Waals surface area contributed by atoms with Crippen LogP contribution in [0, 0.1) is 0 Å². The summed E-state index contributed by atoms with van der Waals surface area (Å²) in [5, 5.41) is 1.08. The zero-order valence-corrected chi connectivity index (χ0v) is 17.8. The molecule has 5 nitrogen and oxygen atoms in total. The summed E-state index contributed by atoms with van der Waals surface area (Å²) in [6.07, 6.45) is 7.38. The quantitative estimate of drug-likeness (QED) is 0.376. The molecule has 0 aliphatic carbocycles. The van der Waals surface area contributed by atoms with Gasteiger partial charge in [-0.2, -0.15) is 0 Å². The average Bonchev–Trinajstić information content (AvgIpc) is 3.11. The molecule has 2 heterocycles. The maximum absolute atomic E-state index is 12.5. The summed E-state index contributed by atoms with van der Waals surface area (Å²) in [7, 11) is 1.38. The minimum absolute atomic E-state index is 0.349. The summed E-state index contributed by atoms with van der Waals surface area (Å²) >= 11 is 7.82. The molecule has 0 unspecified atom stereocenters. The standard InChI is InChI=1S/C22H22ClNO4S/c1-3-4-5-10-19(25)28-20-13-15-14-24(12-11-18(15)29-20)21(22(26)27-2)16-8-6-7-9-17(16)23/h3-10,13,21H,11-12,14H2,1-2H3/b4-3+,10-5+/t21-/m0/s1. The van der Waals surface area contributed by atoms with Gasteiger partial charge in [-0.25, -0.2) is 9.59 Å². The number of fused-ring (bicyclic) bond motifs is 1. The molecule has 1 aromatic carbocycles. The van der Waals surface area contributed by atoms with Crippen LogP contribution in [0.1, 0.15) is 29.0 Å². The lowest BCUT2D eigenvalue weighted by Crippen LogP contribution is -2.38. The number of nitrogens with zero attached hydrogens (tertiary/aromatic N) is 1. The fraction of sp³-hybridized carbons (Fsp3) is 0.273. The molecule has 0 saturated heterocycles. The Hall–Kier alpha value is -2.41. The van der Waals surface area contributed by atoms with Gasteiger partial charge in [0.05, 0.1) is 7.11 Å². The Morgan fingerprint density at radius 3 is 2.79 bits per heavy atom. The number of hydrogen-bond acceptors (Lipinski definition) is 6. The Bertz CT molecular complexity index is 950. The maximum Gasteiger partial charge on any atom is 0.336 e. The summed E-state index contributed by atoms with van der Waals surface area (Å²) in [4.78, 5) is 27.6. The molecule has 0 radical (unpaired) electrons. The lowest BCUT2D eigenvalue weighted by molar-refractivity contribution is -0.147. The minimum Gasteiger partial charge on any atom is -0.468 e. The first kappa shape index (κ1) is 21.3. The van der Waals surface area contributed by atoms with Gasteiger partial charge in [0.25, 0.3) is 0 Å². The van der Waals surface area contributed by atoms with E-state index in [0.29, 0.717) is 23.2 Å². The Kier molecular flexibility index (Phi) is 7.25. The second-order valence-corrected chi connectivity index (χ2v) is 7.99. The van der Waals surface area contributed by atoms with E-state index in [1.807, 2.05) is 42.2 Å². The molecule has 0 fully saturated rings.